The van der Waals surface area contributed by atoms with Gasteiger partial charge in [0.15, 0.2) is 11.5 Å². The van der Waals surface area contributed by atoms with Gasteiger partial charge < -0.3 is 18.8 Å². The summed E-state index contributed by atoms with van der Waals surface area (Å²) in [6.45, 7) is 5.53. The van der Waals surface area contributed by atoms with Gasteiger partial charge in [-0.05, 0) is 32.8 Å². The van der Waals surface area contributed by atoms with Gasteiger partial charge in [0.25, 0.3) is 0 Å². The van der Waals surface area contributed by atoms with Gasteiger partial charge >= 0.3 is 0 Å². The fourth-order valence-electron chi connectivity index (χ4n) is 3.02. The molecule has 1 fully saturated rings. The van der Waals surface area contributed by atoms with Crippen molar-refractivity contribution >= 4 is 11.6 Å². The Balaban J connectivity index is 2.08. The first kappa shape index (κ1) is 17.1. The van der Waals surface area contributed by atoms with E-state index in [1.54, 1.807) is 13.2 Å². The predicted molar refractivity (Wildman–Crippen MR) is 94.1 cm³/mol. The minimum Gasteiger partial charge on any atom is -0.493 e. The molecule has 130 valence electrons. The smallest absolute Gasteiger partial charge is 0.172 e. The maximum absolute atomic E-state index is 6.30. The molecule has 0 aliphatic carbocycles. The van der Waals surface area contributed by atoms with Crippen LogP contribution in [0.1, 0.15) is 32.7 Å². The van der Waals surface area contributed by atoms with E-state index in [4.69, 9.17) is 25.8 Å². The summed E-state index contributed by atoms with van der Waals surface area (Å²) in [5.41, 5.74) is 0.851. The third kappa shape index (κ3) is 3.52. The number of ether oxygens (including phenoxy) is 3. The molecule has 0 N–H and O–H groups in total. The Bertz CT molecular complexity index is 694. The molecule has 1 aliphatic heterocycles. The molecule has 24 heavy (non-hydrogen) atoms. The highest BCUT2D eigenvalue weighted by atomic mass is 35.5. The van der Waals surface area contributed by atoms with Gasteiger partial charge in [-0.15, -0.1) is 0 Å². The maximum atomic E-state index is 6.30. The highest BCUT2D eigenvalue weighted by Crippen LogP contribution is 2.42. The SMILES string of the molecule is COc1cc(Cl)cc(-c2nccn2C2CCOCC2)c1OC(C)C. The topological polar surface area (TPSA) is 45.5 Å². The van der Waals surface area contributed by atoms with Gasteiger partial charge in [0.1, 0.15) is 5.82 Å². The molecule has 0 saturated carbocycles. The molecule has 6 heteroatoms. The van der Waals surface area contributed by atoms with Crippen LogP contribution in [0.15, 0.2) is 24.5 Å². The van der Waals surface area contributed by atoms with Gasteiger partial charge in [-0.25, -0.2) is 4.98 Å². The van der Waals surface area contributed by atoms with Crippen LogP contribution in [-0.2, 0) is 4.74 Å². The van der Waals surface area contributed by atoms with Crippen molar-refractivity contribution in [2.45, 2.75) is 38.8 Å². The van der Waals surface area contributed by atoms with E-state index < -0.39 is 0 Å². The third-order valence-electron chi connectivity index (χ3n) is 4.09. The number of hydrogen-bond donors (Lipinski definition) is 0. The fraction of sp³-hybridized carbons (Fsp3) is 0.500. The average molecular weight is 351 g/mol. The third-order valence-corrected chi connectivity index (χ3v) is 4.31. The zero-order chi connectivity index (χ0) is 17.1. The number of hydrogen-bond acceptors (Lipinski definition) is 4. The first-order valence-electron chi connectivity index (χ1n) is 8.25. The maximum Gasteiger partial charge on any atom is 0.172 e. The van der Waals surface area contributed by atoms with Crippen LogP contribution in [0, 0.1) is 0 Å². The molecule has 0 amide bonds. The molecule has 2 heterocycles. The van der Waals surface area contributed by atoms with Crippen LogP contribution in [0.5, 0.6) is 11.5 Å². The van der Waals surface area contributed by atoms with E-state index in [1.807, 2.05) is 32.3 Å². The monoisotopic (exact) mass is 350 g/mol. The van der Waals surface area contributed by atoms with Crippen molar-refractivity contribution in [1.29, 1.82) is 0 Å². The fourth-order valence-corrected chi connectivity index (χ4v) is 3.23. The summed E-state index contributed by atoms with van der Waals surface area (Å²) in [4.78, 5) is 4.57. The summed E-state index contributed by atoms with van der Waals surface area (Å²) in [7, 11) is 1.62. The largest absolute Gasteiger partial charge is 0.493 e. The lowest BCUT2D eigenvalue weighted by Gasteiger charge is -2.26. The van der Waals surface area contributed by atoms with Crippen LogP contribution in [0.2, 0.25) is 5.02 Å². The Morgan fingerprint density at radius 3 is 2.71 bits per heavy atom. The number of nitrogens with zero attached hydrogens (tertiary/aromatic N) is 2. The van der Waals surface area contributed by atoms with E-state index in [0.717, 1.165) is 37.4 Å². The van der Waals surface area contributed by atoms with E-state index in [2.05, 4.69) is 9.55 Å². The molecule has 2 aromatic rings. The Kier molecular flexibility index (Phi) is 5.31. The van der Waals surface area contributed by atoms with E-state index in [1.165, 1.54) is 0 Å². The molecule has 1 aliphatic rings. The number of halogens is 1. The number of imidazole rings is 1. The van der Waals surface area contributed by atoms with Gasteiger partial charge in [-0.3, -0.25) is 0 Å². The summed E-state index contributed by atoms with van der Waals surface area (Å²) in [6, 6.07) is 4.03. The molecule has 0 atom stereocenters. The van der Waals surface area contributed by atoms with E-state index in [-0.39, 0.29) is 6.10 Å². The molecule has 1 saturated heterocycles. The Morgan fingerprint density at radius 1 is 1.29 bits per heavy atom. The normalized spacial score (nSPS) is 15.7. The molecule has 3 rings (SSSR count). The highest BCUT2D eigenvalue weighted by Gasteiger charge is 2.23. The van der Waals surface area contributed by atoms with Gasteiger partial charge in [0.05, 0.1) is 18.8 Å². The lowest BCUT2D eigenvalue weighted by atomic mass is 10.1. The van der Waals surface area contributed by atoms with Crippen molar-refractivity contribution in [1.82, 2.24) is 9.55 Å². The molecule has 0 bridgehead atoms. The quantitative estimate of drug-likeness (QED) is 0.804. The van der Waals surface area contributed by atoms with Crippen LogP contribution in [-0.4, -0.2) is 36.0 Å². The van der Waals surface area contributed by atoms with Crippen molar-refractivity contribution in [2.24, 2.45) is 0 Å². The summed E-state index contributed by atoms with van der Waals surface area (Å²) >= 11 is 6.30. The van der Waals surface area contributed by atoms with Crippen molar-refractivity contribution < 1.29 is 14.2 Å². The van der Waals surface area contributed by atoms with Crippen LogP contribution in [0.4, 0.5) is 0 Å². The van der Waals surface area contributed by atoms with Crippen LogP contribution in [0.25, 0.3) is 11.4 Å². The van der Waals surface area contributed by atoms with Gasteiger partial charge in [-0.1, -0.05) is 11.6 Å². The van der Waals surface area contributed by atoms with Crippen LogP contribution < -0.4 is 9.47 Å². The molecular weight excluding hydrogens is 328 g/mol. The van der Waals surface area contributed by atoms with E-state index >= 15 is 0 Å². The predicted octanol–water partition coefficient (Wildman–Crippen LogP) is 4.35. The van der Waals surface area contributed by atoms with E-state index in [0.29, 0.717) is 22.6 Å². The minimum atomic E-state index is 0.0188. The molecule has 1 aromatic carbocycles. The summed E-state index contributed by atoms with van der Waals surface area (Å²) in [6.07, 6.45) is 5.79. The lowest BCUT2D eigenvalue weighted by Crippen LogP contribution is -2.20. The highest BCUT2D eigenvalue weighted by molar-refractivity contribution is 6.31. The molecule has 0 spiro atoms. The Morgan fingerprint density at radius 2 is 2.04 bits per heavy atom. The van der Waals surface area contributed by atoms with Crippen LogP contribution >= 0.6 is 11.6 Å². The number of aromatic nitrogens is 2. The van der Waals surface area contributed by atoms with Crippen molar-refractivity contribution in [3.8, 4) is 22.9 Å². The van der Waals surface area contributed by atoms with Crippen LogP contribution in [0.3, 0.4) is 0 Å². The molecule has 1 aromatic heterocycles. The lowest BCUT2D eigenvalue weighted by molar-refractivity contribution is 0.0700. The van der Waals surface area contributed by atoms with Gasteiger partial charge in [0.2, 0.25) is 0 Å². The standard InChI is InChI=1S/C18H23ClN2O3/c1-12(2)24-17-15(10-13(19)11-16(17)22-3)18-20-6-7-21(18)14-4-8-23-9-5-14/h6-7,10-12,14H,4-5,8-9H2,1-3H3. The second-order valence-corrected chi connectivity index (χ2v) is 6.59. The Labute approximate surface area is 147 Å². The first-order valence-corrected chi connectivity index (χ1v) is 8.63. The van der Waals surface area contributed by atoms with Crippen molar-refractivity contribution in [3.05, 3.63) is 29.5 Å². The molecular formula is C18H23ClN2O3. The molecule has 5 nitrogen and oxygen atoms in total. The average Bonchev–Trinajstić information content (AvgIpc) is 3.06. The summed E-state index contributed by atoms with van der Waals surface area (Å²) in [5.74, 6) is 2.14. The second-order valence-electron chi connectivity index (χ2n) is 6.15. The summed E-state index contributed by atoms with van der Waals surface area (Å²) in [5, 5.41) is 0.597. The van der Waals surface area contributed by atoms with E-state index in [9.17, 15) is 0 Å². The van der Waals surface area contributed by atoms with Gasteiger partial charge in [-0.2, -0.15) is 0 Å². The van der Waals surface area contributed by atoms with Crippen molar-refractivity contribution in [2.75, 3.05) is 20.3 Å². The number of methoxy groups -OCH3 is 1. The van der Waals surface area contributed by atoms with Gasteiger partial charge in [0, 0.05) is 42.7 Å². The minimum absolute atomic E-state index is 0.0188. The second kappa shape index (κ2) is 7.45. The zero-order valence-corrected chi connectivity index (χ0v) is 15.0. The molecule has 0 unspecified atom stereocenters. The number of rotatable bonds is 5. The Hall–Kier alpha value is -1.72. The van der Waals surface area contributed by atoms with Crippen molar-refractivity contribution in [3.63, 3.8) is 0 Å². The summed E-state index contributed by atoms with van der Waals surface area (Å²) < 4.78 is 19.2. The molecule has 0 radical (unpaired) electrons. The zero-order valence-electron chi connectivity index (χ0n) is 14.3. The number of benzene rings is 1. The first-order chi connectivity index (χ1) is 11.6.